The van der Waals surface area contributed by atoms with E-state index in [2.05, 4.69) is 5.32 Å². The SMILES string of the molecule is CNC(=O)C1(COC)CCCN1C(=O)CCc1cc(F)ccc1F. The molecule has 0 spiro atoms. The molecule has 1 atom stereocenters. The Kier molecular flexibility index (Phi) is 5.88. The van der Waals surface area contributed by atoms with Gasteiger partial charge in [0, 0.05) is 27.1 Å². The summed E-state index contributed by atoms with van der Waals surface area (Å²) >= 11 is 0. The highest BCUT2D eigenvalue weighted by atomic mass is 19.1. The number of nitrogens with one attached hydrogen (secondary N) is 1. The van der Waals surface area contributed by atoms with Crippen LogP contribution in [0.15, 0.2) is 18.2 Å². The summed E-state index contributed by atoms with van der Waals surface area (Å²) in [7, 11) is 3.00. The van der Waals surface area contributed by atoms with Crippen LogP contribution in [0.1, 0.15) is 24.8 Å². The summed E-state index contributed by atoms with van der Waals surface area (Å²) in [6.45, 7) is 0.550. The van der Waals surface area contributed by atoms with Gasteiger partial charge in [-0.05, 0) is 43.0 Å². The predicted molar refractivity (Wildman–Crippen MR) is 84.3 cm³/mol. The molecule has 1 saturated heterocycles. The minimum atomic E-state index is -1.03. The lowest BCUT2D eigenvalue weighted by Crippen LogP contribution is -2.59. The minimum absolute atomic E-state index is 0.00281. The minimum Gasteiger partial charge on any atom is -0.382 e. The molecule has 5 nitrogen and oxygen atoms in total. The summed E-state index contributed by atoms with van der Waals surface area (Å²) in [5, 5.41) is 2.59. The summed E-state index contributed by atoms with van der Waals surface area (Å²) in [6, 6.07) is 3.18. The van der Waals surface area contributed by atoms with Crippen molar-refractivity contribution in [1.29, 1.82) is 0 Å². The summed E-state index contributed by atoms with van der Waals surface area (Å²) in [4.78, 5) is 26.4. The van der Waals surface area contributed by atoms with Crippen molar-refractivity contribution < 1.29 is 23.1 Å². The number of benzene rings is 1. The average molecular weight is 340 g/mol. The van der Waals surface area contributed by atoms with Crippen LogP contribution in [0.2, 0.25) is 0 Å². The molecule has 7 heteroatoms. The van der Waals surface area contributed by atoms with Crippen LogP contribution in [0, 0.1) is 11.6 Å². The van der Waals surface area contributed by atoms with Gasteiger partial charge in [0.1, 0.15) is 17.2 Å². The number of carbonyl (C=O) groups is 2. The fourth-order valence-electron chi connectivity index (χ4n) is 3.28. The van der Waals surface area contributed by atoms with E-state index in [-0.39, 0.29) is 36.8 Å². The molecule has 1 heterocycles. The predicted octanol–water partition coefficient (Wildman–Crippen LogP) is 1.65. The first-order valence-corrected chi connectivity index (χ1v) is 7.90. The molecule has 132 valence electrons. The van der Waals surface area contributed by atoms with Gasteiger partial charge in [-0.25, -0.2) is 8.78 Å². The molecule has 2 amide bonds. The van der Waals surface area contributed by atoms with E-state index in [4.69, 9.17) is 4.74 Å². The molecule has 2 rings (SSSR count). The van der Waals surface area contributed by atoms with Crippen molar-refractivity contribution in [3.63, 3.8) is 0 Å². The zero-order valence-corrected chi connectivity index (χ0v) is 13.9. The Morgan fingerprint density at radius 1 is 1.38 bits per heavy atom. The normalized spacial score (nSPS) is 20.2. The molecule has 1 fully saturated rings. The van der Waals surface area contributed by atoms with E-state index in [0.29, 0.717) is 19.4 Å². The summed E-state index contributed by atoms with van der Waals surface area (Å²) in [5.74, 6) is -1.62. The third-order valence-electron chi connectivity index (χ3n) is 4.44. The highest BCUT2D eigenvalue weighted by Crippen LogP contribution is 2.31. The number of methoxy groups -OCH3 is 1. The van der Waals surface area contributed by atoms with Crippen molar-refractivity contribution in [2.45, 2.75) is 31.2 Å². The molecule has 24 heavy (non-hydrogen) atoms. The van der Waals surface area contributed by atoms with Gasteiger partial charge in [0.2, 0.25) is 11.8 Å². The van der Waals surface area contributed by atoms with Crippen LogP contribution in [-0.4, -0.2) is 49.6 Å². The number of carbonyl (C=O) groups excluding carboxylic acids is 2. The van der Waals surface area contributed by atoms with Gasteiger partial charge in [0.25, 0.3) is 0 Å². The summed E-state index contributed by atoms with van der Waals surface area (Å²) < 4.78 is 32.1. The molecule has 0 aromatic heterocycles. The number of nitrogens with zero attached hydrogens (tertiary/aromatic N) is 1. The Morgan fingerprint density at radius 3 is 2.79 bits per heavy atom. The van der Waals surface area contributed by atoms with E-state index in [0.717, 1.165) is 18.2 Å². The van der Waals surface area contributed by atoms with Gasteiger partial charge in [-0.15, -0.1) is 0 Å². The number of aryl methyl sites for hydroxylation is 1. The van der Waals surface area contributed by atoms with Gasteiger partial charge in [0.05, 0.1) is 6.61 Å². The van der Waals surface area contributed by atoms with Crippen molar-refractivity contribution in [3.05, 3.63) is 35.4 Å². The molecule has 0 saturated carbocycles. The molecule has 0 bridgehead atoms. The van der Waals surface area contributed by atoms with Crippen molar-refractivity contribution in [2.75, 3.05) is 27.3 Å². The van der Waals surface area contributed by atoms with Crippen molar-refractivity contribution in [2.24, 2.45) is 0 Å². The maximum Gasteiger partial charge on any atom is 0.248 e. The average Bonchev–Trinajstić information content (AvgIpc) is 3.00. The third-order valence-corrected chi connectivity index (χ3v) is 4.44. The Hall–Kier alpha value is -2.02. The maximum absolute atomic E-state index is 13.7. The second-order valence-corrected chi connectivity index (χ2v) is 5.93. The number of rotatable bonds is 6. The Balaban J connectivity index is 2.12. The van der Waals surface area contributed by atoms with Gasteiger partial charge >= 0.3 is 0 Å². The summed E-state index contributed by atoms with van der Waals surface area (Å²) in [6.07, 6.45) is 1.29. The van der Waals surface area contributed by atoms with Gasteiger partial charge in [-0.3, -0.25) is 9.59 Å². The molecule has 1 N–H and O–H groups in total. The molecule has 1 aliphatic heterocycles. The Morgan fingerprint density at radius 2 is 2.12 bits per heavy atom. The molecule has 1 aromatic rings. The second-order valence-electron chi connectivity index (χ2n) is 5.93. The smallest absolute Gasteiger partial charge is 0.248 e. The van der Waals surface area contributed by atoms with Gasteiger partial charge in [-0.1, -0.05) is 0 Å². The molecular formula is C17H22F2N2O3. The quantitative estimate of drug-likeness (QED) is 0.857. The first kappa shape index (κ1) is 18.3. The highest BCUT2D eigenvalue weighted by molar-refractivity contribution is 5.92. The van der Waals surface area contributed by atoms with Crippen LogP contribution in [0.3, 0.4) is 0 Å². The van der Waals surface area contributed by atoms with Crippen LogP contribution in [0.25, 0.3) is 0 Å². The van der Waals surface area contributed by atoms with E-state index in [1.165, 1.54) is 19.1 Å². The lowest BCUT2D eigenvalue weighted by Gasteiger charge is -2.36. The zero-order valence-electron chi connectivity index (χ0n) is 13.9. The maximum atomic E-state index is 13.7. The molecule has 1 aromatic carbocycles. The largest absolute Gasteiger partial charge is 0.382 e. The standard InChI is InChI=1S/C17H22F2N2O3/c1-20-16(23)17(11-24-2)8-3-9-21(17)15(22)7-4-12-10-13(18)5-6-14(12)19/h5-6,10H,3-4,7-9,11H2,1-2H3,(H,20,23). The Labute approximate surface area is 140 Å². The van der Waals surface area contributed by atoms with Crippen molar-refractivity contribution >= 4 is 11.8 Å². The number of halogens is 2. The monoisotopic (exact) mass is 340 g/mol. The fourth-order valence-corrected chi connectivity index (χ4v) is 3.28. The van der Waals surface area contributed by atoms with Crippen molar-refractivity contribution in [3.8, 4) is 0 Å². The molecule has 0 aliphatic carbocycles. The molecule has 1 unspecified atom stereocenters. The highest BCUT2D eigenvalue weighted by Gasteiger charge is 2.49. The van der Waals surface area contributed by atoms with E-state index < -0.39 is 17.2 Å². The van der Waals surface area contributed by atoms with Crippen LogP contribution >= 0.6 is 0 Å². The third kappa shape index (κ3) is 3.56. The molecular weight excluding hydrogens is 318 g/mol. The molecule has 0 radical (unpaired) electrons. The zero-order chi connectivity index (χ0) is 17.7. The number of ether oxygens (including phenoxy) is 1. The lowest BCUT2D eigenvalue weighted by molar-refractivity contribution is -0.148. The first-order chi connectivity index (χ1) is 11.4. The topological polar surface area (TPSA) is 58.6 Å². The van der Waals surface area contributed by atoms with Crippen LogP contribution in [-0.2, 0) is 20.7 Å². The molecule has 1 aliphatic rings. The van der Waals surface area contributed by atoms with Gasteiger partial charge in [0.15, 0.2) is 0 Å². The second kappa shape index (κ2) is 7.70. The van der Waals surface area contributed by atoms with E-state index >= 15 is 0 Å². The fraction of sp³-hybridized carbons (Fsp3) is 0.529. The number of hydrogen-bond donors (Lipinski definition) is 1. The Bertz CT molecular complexity index is 624. The van der Waals surface area contributed by atoms with E-state index in [1.807, 2.05) is 0 Å². The number of hydrogen-bond acceptors (Lipinski definition) is 3. The summed E-state index contributed by atoms with van der Waals surface area (Å²) in [5.41, 5.74) is -0.874. The number of amides is 2. The van der Waals surface area contributed by atoms with Gasteiger partial charge in [-0.2, -0.15) is 0 Å². The number of likely N-dealkylation sites (tertiary alicyclic amines) is 1. The first-order valence-electron chi connectivity index (χ1n) is 7.90. The van der Waals surface area contributed by atoms with E-state index in [9.17, 15) is 18.4 Å². The van der Waals surface area contributed by atoms with E-state index in [1.54, 1.807) is 0 Å². The lowest BCUT2D eigenvalue weighted by atomic mass is 9.95. The van der Waals surface area contributed by atoms with Crippen LogP contribution in [0.5, 0.6) is 0 Å². The number of likely N-dealkylation sites (N-methyl/N-ethyl adjacent to an activating group) is 1. The van der Waals surface area contributed by atoms with Crippen LogP contribution < -0.4 is 5.32 Å². The van der Waals surface area contributed by atoms with Gasteiger partial charge < -0.3 is 15.0 Å². The van der Waals surface area contributed by atoms with Crippen LogP contribution in [0.4, 0.5) is 8.78 Å². The van der Waals surface area contributed by atoms with Crippen molar-refractivity contribution in [1.82, 2.24) is 10.2 Å².